The largest absolute Gasteiger partial charge is 0.492 e. The minimum Gasteiger partial charge on any atom is -0.492 e. The SMILES string of the molecule is CCc1[nH]nc2cc(OCCNC[C@H](O)c3cccc(Nc4ccccc4)c3)ccc12. The van der Waals surface area contributed by atoms with Gasteiger partial charge < -0.3 is 20.5 Å². The lowest BCUT2D eigenvalue weighted by atomic mass is 10.1. The molecule has 0 radical (unpaired) electrons. The summed E-state index contributed by atoms with van der Waals surface area (Å²) in [4.78, 5) is 0. The Morgan fingerprint density at radius 1 is 1.00 bits per heavy atom. The molecule has 0 spiro atoms. The van der Waals surface area contributed by atoms with Gasteiger partial charge in [-0.1, -0.05) is 37.3 Å². The van der Waals surface area contributed by atoms with Crippen molar-refractivity contribution in [1.82, 2.24) is 15.5 Å². The number of para-hydroxylation sites is 1. The third-order valence-electron chi connectivity index (χ3n) is 5.18. The van der Waals surface area contributed by atoms with Gasteiger partial charge in [-0.25, -0.2) is 0 Å². The highest BCUT2D eigenvalue weighted by Gasteiger charge is 2.08. The summed E-state index contributed by atoms with van der Waals surface area (Å²) in [5.41, 5.74) is 4.89. The van der Waals surface area contributed by atoms with Crippen LogP contribution in [0.1, 0.15) is 24.3 Å². The number of hydrogen-bond donors (Lipinski definition) is 4. The predicted molar refractivity (Wildman–Crippen MR) is 125 cm³/mol. The third kappa shape index (κ3) is 5.42. The molecule has 6 heteroatoms. The minimum atomic E-state index is -0.592. The molecule has 0 aliphatic carbocycles. The van der Waals surface area contributed by atoms with E-state index in [1.807, 2.05) is 72.8 Å². The number of aliphatic hydroxyl groups is 1. The molecule has 0 amide bonds. The van der Waals surface area contributed by atoms with Crippen molar-refractivity contribution < 1.29 is 9.84 Å². The zero-order valence-corrected chi connectivity index (χ0v) is 17.6. The molecule has 0 saturated carbocycles. The van der Waals surface area contributed by atoms with E-state index in [-0.39, 0.29) is 0 Å². The van der Waals surface area contributed by atoms with E-state index in [1.54, 1.807) is 0 Å². The first-order valence-corrected chi connectivity index (χ1v) is 10.6. The Balaban J connectivity index is 1.23. The fourth-order valence-electron chi connectivity index (χ4n) is 3.52. The first kappa shape index (κ1) is 20.9. The molecule has 160 valence electrons. The van der Waals surface area contributed by atoms with Crippen molar-refractivity contribution in [3.8, 4) is 5.75 Å². The van der Waals surface area contributed by atoms with Gasteiger partial charge in [0.05, 0.1) is 11.6 Å². The molecular formula is C25H28N4O2. The Morgan fingerprint density at radius 3 is 2.68 bits per heavy atom. The molecule has 1 heterocycles. The molecule has 3 aromatic carbocycles. The summed E-state index contributed by atoms with van der Waals surface area (Å²) in [6, 6.07) is 23.8. The lowest BCUT2D eigenvalue weighted by Gasteiger charge is -2.14. The van der Waals surface area contributed by atoms with Gasteiger partial charge in [0.15, 0.2) is 0 Å². The van der Waals surface area contributed by atoms with Gasteiger partial charge in [0.1, 0.15) is 12.4 Å². The summed E-state index contributed by atoms with van der Waals surface area (Å²) in [5.74, 6) is 0.795. The molecule has 4 N–H and O–H groups in total. The van der Waals surface area contributed by atoms with Gasteiger partial charge in [-0.2, -0.15) is 5.10 Å². The number of H-pyrrole nitrogens is 1. The molecule has 4 aromatic rings. The number of ether oxygens (including phenoxy) is 1. The van der Waals surface area contributed by atoms with Crippen LogP contribution >= 0.6 is 0 Å². The highest BCUT2D eigenvalue weighted by atomic mass is 16.5. The van der Waals surface area contributed by atoms with Crippen molar-refractivity contribution in [3.05, 3.63) is 84.1 Å². The second kappa shape index (κ2) is 10.1. The normalized spacial score (nSPS) is 12.1. The lowest BCUT2D eigenvalue weighted by Crippen LogP contribution is -2.26. The number of hydrogen-bond acceptors (Lipinski definition) is 5. The van der Waals surface area contributed by atoms with E-state index < -0.39 is 6.10 Å². The third-order valence-corrected chi connectivity index (χ3v) is 5.18. The number of rotatable bonds is 10. The van der Waals surface area contributed by atoms with Gasteiger partial charge in [0, 0.05) is 41.6 Å². The fourth-order valence-corrected chi connectivity index (χ4v) is 3.52. The summed E-state index contributed by atoms with van der Waals surface area (Å²) in [6.45, 7) is 3.71. The van der Waals surface area contributed by atoms with Crippen molar-refractivity contribution in [2.45, 2.75) is 19.4 Å². The maximum atomic E-state index is 10.5. The topological polar surface area (TPSA) is 82.2 Å². The molecule has 6 nitrogen and oxygen atoms in total. The molecule has 0 aliphatic rings. The second-order valence-corrected chi connectivity index (χ2v) is 7.42. The monoisotopic (exact) mass is 416 g/mol. The van der Waals surface area contributed by atoms with E-state index in [9.17, 15) is 5.11 Å². The van der Waals surface area contributed by atoms with Gasteiger partial charge in [-0.05, 0) is 48.4 Å². The number of aliphatic hydroxyl groups excluding tert-OH is 1. The Morgan fingerprint density at radius 2 is 1.84 bits per heavy atom. The Hall–Kier alpha value is -3.35. The van der Waals surface area contributed by atoms with Crippen LogP contribution in [0.3, 0.4) is 0 Å². The van der Waals surface area contributed by atoms with Gasteiger partial charge in [0.25, 0.3) is 0 Å². The summed E-state index contributed by atoms with van der Waals surface area (Å²) < 4.78 is 5.82. The molecule has 0 bridgehead atoms. The van der Waals surface area contributed by atoms with Crippen LogP contribution in [-0.4, -0.2) is 35.0 Å². The average Bonchev–Trinajstić information content (AvgIpc) is 3.22. The molecule has 1 atom stereocenters. The van der Waals surface area contributed by atoms with Gasteiger partial charge >= 0.3 is 0 Å². The van der Waals surface area contributed by atoms with E-state index in [1.165, 1.54) is 0 Å². The van der Waals surface area contributed by atoms with E-state index in [2.05, 4.69) is 27.8 Å². The second-order valence-electron chi connectivity index (χ2n) is 7.42. The van der Waals surface area contributed by atoms with Crippen molar-refractivity contribution >= 4 is 22.3 Å². The predicted octanol–water partition coefficient (Wildman–Crippen LogP) is 4.57. The number of benzene rings is 3. The maximum absolute atomic E-state index is 10.5. The van der Waals surface area contributed by atoms with Gasteiger partial charge in [-0.3, -0.25) is 5.10 Å². The molecular weight excluding hydrogens is 388 g/mol. The highest BCUT2D eigenvalue weighted by Crippen LogP contribution is 2.22. The molecule has 1 aromatic heterocycles. The quantitative estimate of drug-likeness (QED) is 0.285. The van der Waals surface area contributed by atoms with E-state index in [4.69, 9.17) is 4.74 Å². The number of aromatic nitrogens is 2. The zero-order chi connectivity index (χ0) is 21.5. The molecule has 4 rings (SSSR count). The van der Waals surface area contributed by atoms with Crippen LogP contribution in [0.15, 0.2) is 72.8 Å². The van der Waals surface area contributed by atoms with Crippen LogP contribution in [0.4, 0.5) is 11.4 Å². The van der Waals surface area contributed by atoms with Crippen molar-refractivity contribution in [1.29, 1.82) is 0 Å². The highest BCUT2D eigenvalue weighted by molar-refractivity contribution is 5.82. The standard InChI is InChI=1S/C25H28N4O2/c1-2-23-22-12-11-21(16-24(22)29-28-23)31-14-13-26-17-25(30)18-7-6-10-20(15-18)27-19-8-4-3-5-9-19/h3-12,15-16,25-27,30H,2,13-14,17H2,1H3,(H,28,29)/t25-/m0/s1. The number of anilines is 2. The molecule has 0 fully saturated rings. The molecule has 0 unspecified atom stereocenters. The molecule has 0 aliphatic heterocycles. The van der Waals surface area contributed by atoms with Crippen molar-refractivity contribution in [2.24, 2.45) is 0 Å². The molecule has 0 saturated heterocycles. The lowest BCUT2D eigenvalue weighted by molar-refractivity contribution is 0.172. The van der Waals surface area contributed by atoms with E-state index in [0.717, 1.165) is 45.7 Å². The summed E-state index contributed by atoms with van der Waals surface area (Å²) in [5, 5.41) is 25.7. The summed E-state index contributed by atoms with van der Waals surface area (Å²) in [7, 11) is 0. The number of nitrogens with one attached hydrogen (secondary N) is 3. The maximum Gasteiger partial charge on any atom is 0.121 e. The summed E-state index contributed by atoms with van der Waals surface area (Å²) >= 11 is 0. The van der Waals surface area contributed by atoms with Gasteiger partial charge in [0.2, 0.25) is 0 Å². The van der Waals surface area contributed by atoms with Gasteiger partial charge in [-0.15, -0.1) is 0 Å². The zero-order valence-electron chi connectivity index (χ0n) is 17.6. The Bertz CT molecular complexity index is 1110. The first-order chi connectivity index (χ1) is 15.2. The van der Waals surface area contributed by atoms with Crippen LogP contribution in [0.5, 0.6) is 5.75 Å². The summed E-state index contributed by atoms with van der Waals surface area (Å²) in [6.07, 6.45) is 0.333. The van der Waals surface area contributed by atoms with Crippen molar-refractivity contribution in [2.75, 3.05) is 25.0 Å². The van der Waals surface area contributed by atoms with Crippen LogP contribution in [0.25, 0.3) is 10.9 Å². The number of aryl methyl sites for hydroxylation is 1. The van der Waals surface area contributed by atoms with E-state index in [0.29, 0.717) is 19.7 Å². The molecule has 31 heavy (non-hydrogen) atoms. The Labute approximate surface area is 182 Å². The average molecular weight is 417 g/mol. The number of aromatic amines is 1. The van der Waals surface area contributed by atoms with Crippen LogP contribution in [0.2, 0.25) is 0 Å². The minimum absolute atomic E-state index is 0.455. The van der Waals surface area contributed by atoms with Crippen LogP contribution < -0.4 is 15.4 Å². The fraction of sp³-hybridized carbons (Fsp3) is 0.240. The number of fused-ring (bicyclic) bond motifs is 1. The first-order valence-electron chi connectivity index (χ1n) is 10.6. The van der Waals surface area contributed by atoms with Crippen LogP contribution in [0, 0.1) is 0 Å². The van der Waals surface area contributed by atoms with Crippen molar-refractivity contribution in [3.63, 3.8) is 0 Å². The smallest absolute Gasteiger partial charge is 0.121 e. The number of nitrogens with zero attached hydrogens (tertiary/aromatic N) is 1. The van der Waals surface area contributed by atoms with Crippen LogP contribution in [-0.2, 0) is 6.42 Å². The van der Waals surface area contributed by atoms with E-state index >= 15 is 0 Å². The Kier molecular flexibility index (Phi) is 6.82.